The normalized spacial score (nSPS) is 11.9. The average molecular weight is 252 g/mol. The molecule has 0 aliphatic rings. The number of nitrogens with one attached hydrogen (secondary N) is 1. The fourth-order valence-corrected chi connectivity index (χ4v) is 1.64. The van der Waals surface area contributed by atoms with Crippen molar-refractivity contribution in [2.24, 2.45) is 0 Å². The second-order valence-electron chi connectivity index (χ2n) is 4.36. The van der Waals surface area contributed by atoms with Crippen molar-refractivity contribution in [3.8, 4) is 0 Å². The SMILES string of the molecule is CCCC(CC(=O)O)Nc1ccnc(N(C)C)n1. The van der Waals surface area contributed by atoms with Crippen LogP contribution in [0.15, 0.2) is 12.3 Å². The molecule has 0 saturated heterocycles. The van der Waals surface area contributed by atoms with Crippen LogP contribution in [-0.4, -0.2) is 41.2 Å². The topological polar surface area (TPSA) is 78.3 Å². The van der Waals surface area contributed by atoms with Crippen LogP contribution >= 0.6 is 0 Å². The van der Waals surface area contributed by atoms with Gasteiger partial charge in [0, 0.05) is 26.3 Å². The summed E-state index contributed by atoms with van der Waals surface area (Å²) in [6.45, 7) is 2.03. The third kappa shape index (κ3) is 4.57. The quantitative estimate of drug-likeness (QED) is 0.767. The largest absolute Gasteiger partial charge is 0.481 e. The van der Waals surface area contributed by atoms with Crippen molar-refractivity contribution in [1.29, 1.82) is 0 Å². The lowest BCUT2D eigenvalue weighted by Crippen LogP contribution is -2.24. The molecule has 0 spiro atoms. The molecule has 18 heavy (non-hydrogen) atoms. The van der Waals surface area contributed by atoms with Gasteiger partial charge in [0.1, 0.15) is 5.82 Å². The Kier molecular flexibility index (Phi) is 5.35. The van der Waals surface area contributed by atoms with E-state index in [4.69, 9.17) is 5.11 Å². The Hall–Kier alpha value is -1.85. The first kappa shape index (κ1) is 14.2. The van der Waals surface area contributed by atoms with Gasteiger partial charge in [-0.1, -0.05) is 13.3 Å². The van der Waals surface area contributed by atoms with Crippen molar-refractivity contribution in [2.45, 2.75) is 32.2 Å². The molecule has 1 unspecified atom stereocenters. The van der Waals surface area contributed by atoms with Crippen LogP contribution in [0.2, 0.25) is 0 Å². The van der Waals surface area contributed by atoms with Gasteiger partial charge in [-0.2, -0.15) is 4.98 Å². The molecule has 1 heterocycles. The Labute approximate surface area is 107 Å². The highest BCUT2D eigenvalue weighted by atomic mass is 16.4. The van der Waals surface area contributed by atoms with E-state index >= 15 is 0 Å². The van der Waals surface area contributed by atoms with E-state index in [0.717, 1.165) is 12.8 Å². The highest BCUT2D eigenvalue weighted by molar-refractivity contribution is 5.68. The van der Waals surface area contributed by atoms with Gasteiger partial charge in [-0.15, -0.1) is 0 Å². The lowest BCUT2D eigenvalue weighted by atomic mass is 10.1. The van der Waals surface area contributed by atoms with Crippen LogP contribution in [0.3, 0.4) is 0 Å². The predicted molar refractivity (Wildman–Crippen MR) is 70.9 cm³/mol. The van der Waals surface area contributed by atoms with E-state index in [2.05, 4.69) is 15.3 Å². The number of hydrogen-bond acceptors (Lipinski definition) is 5. The number of nitrogens with zero attached hydrogens (tertiary/aromatic N) is 3. The van der Waals surface area contributed by atoms with Crippen molar-refractivity contribution in [3.63, 3.8) is 0 Å². The first-order valence-corrected chi connectivity index (χ1v) is 6.01. The van der Waals surface area contributed by atoms with Crippen LogP contribution in [0.1, 0.15) is 26.2 Å². The molecule has 0 amide bonds. The van der Waals surface area contributed by atoms with Gasteiger partial charge >= 0.3 is 5.97 Å². The molecular weight excluding hydrogens is 232 g/mol. The monoisotopic (exact) mass is 252 g/mol. The standard InChI is InChI=1S/C12H20N4O2/c1-4-5-9(8-11(17)18)14-10-6-7-13-12(15-10)16(2)3/h6-7,9H,4-5,8H2,1-3H3,(H,17,18)(H,13,14,15). The molecule has 6 heteroatoms. The maximum Gasteiger partial charge on any atom is 0.305 e. The summed E-state index contributed by atoms with van der Waals surface area (Å²) in [4.78, 5) is 21.0. The lowest BCUT2D eigenvalue weighted by molar-refractivity contribution is -0.137. The summed E-state index contributed by atoms with van der Waals surface area (Å²) in [6.07, 6.45) is 3.48. The van der Waals surface area contributed by atoms with Crippen molar-refractivity contribution in [3.05, 3.63) is 12.3 Å². The minimum absolute atomic E-state index is 0.0924. The van der Waals surface area contributed by atoms with Crippen LogP contribution < -0.4 is 10.2 Å². The van der Waals surface area contributed by atoms with E-state index in [1.807, 2.05) is 21.0 Å². The minimum Gasteiger partial charge on any atom is -0.481 e. The third-order valence-electron chi connectivity index (χ3n) is 2.45. The number of carboxylic acids is 1. The molecule has 1 atom stereocenters. The molecule has 6 nitrogen and oxygen atoms in total. The highest BCUT2D eigenvalue weighted by Crippen LogP contribution is 2.13. The van der Waals surface area contributed by atoms with Gasteiger partial charge in [-0.3, -0.25) is 4.79 Å². The van der Waals surface area contributed by atoms with Gasteiger partial charge in [-0.25, -0.2) is 4.98 Å². The van der Waals surface area contributed by atoms with E-state index in [-0.39, 0.29) is 12.5 Å². The highest BCUT2D eigenvalue weighted by Gasteiger charge is 2.13. The first-order chi connectivity index (χ1) is 8.52. The molecule has 1 aromatic rings. The number of aliphatic carboxylic acids is 1. The van der Waals surface area contributed by atoms with Gasteiger partial charge in [-0.05, 0) is 12.5 Å². The minimum atomic E-state index is -0.803. The molecule has 100 valence electrons. The Morgan fingerprint density at radius 3 is 2.83 bits per heavy atom. The predicted octanol–water partition coefficient (Wildman–Crippen LogP) is 1.60. The molecule has 0 radical (unpaired) electrons. The molecule has 0 aliphatic carbocycles. The van der Waals surface area contributed by atoms with E-state index in [1.165, 1.54) is 0 Å². The van der Waals surface area contributed by atoms with Gasteiger partial charge in [0.2, 0.25) is 5.95 Å². The molecule has 2 N–H and O–H groups in total. The van der Waals surface area contributed by atoms with E-state index in [0.29, 0.717) is 11.8 Å². The van der Waals surface area contributed by atoms with Crippen molar-refractivity contribution < 1.29 is 9.90 Å². The fraction of sp³-hybridized carbons (Fsp3) is 0.583. The summed E-state index contributed by atoms with van der Waals surface area (Å²) in [7, 11) is 3.72. The zero-order chi connectivity index (χ0) is 13.5. The lowest BCUT2D eigenvalue weighted by Gasteiger charge is -2.18. The second-order valence-corrected chi connectivity index (χ2v) is 4.36. The Morgan fingerprint density at radius 2 is 2.28 bits per heavy atom. The van der Waals surface area contributed by atoms with Gasteiger partial charge in [0.15, 0.2) is 0 Å². The zero-order valence-corrected chi connectivity index (χ0v) is 11.1. The van der Waals surface area contributed by atoms with Crippen LogP contribution in [-0.2, 0) is 4.79 Å². The third-order valence-corrected chi connectivity index (χ3v) is 2.45. The van der Waals surface area contributed by atoms with Crippen LogP contribution in [0, 0.1) is 0 Å². The first-order valence-electron chi connectivity index (χ1n) is 6.01. The van der Waals surface area contributed by atoms with Crippen LogP contribution in [0.25, 0.3) is 0 Å². The molecule has 1 rings (SSSR count). The second kappa shape index (κ2) is 6.78. The average Bonchev–Trinajstić information content (AvgIpc) is 2.28. The summed E-state index contributed by atoms with van der Waals surface area (Å²) in [5.41, 5.74) is 0. The van der Waals surface area contributed by atoms with Crippen molar-refractivity contribution in [2.75, 3.05) is 24.3 Å². The van der Waals surface area contributed by atoms with Crippen LogP contribution in [0.4, 0.5) is 11.8 Å². The number of aromatic nitrogens is 2. The summed E-state index contributed by atoms with van der Waals surface area (Å²) in [5.74, 6) is 0.460. The maximum atomic E-state index is 10.8. The smallest absolute Gasteiger partial charge is 0.305 e. The summed E-state index contributed by atoms with van der Waals surface area (Å²) >= 11 is 0. The van der Waals surface area contributed by atoms with Gasteiger partial charge < -0.3 is 15.3 Å². The molecule has 0 aliphatic heterocycles. The van der Waals surface area contributed by atoms with E-state index in [1.54, 1.807) is 17.2 Å². The molecular formula is C12H20N4O2. The summed E-state index contributed by atoms with van der Waals surface area (Å²) in [5, 5.41) is 12.0. The molecule has 0 fully saturated rings. The Bertz CT molecular complexity index is 395. The molecule has 0 bridgehead atoms. The number of hydrogen-bond donors (Lipinski definition) is 2. The number of anilines is 2. The van der Waals surface area contributed by atoms with E-state index < -0.39 is 5.97 Å². The Morgan fingerprint density at radius 1 is 1.56 bits per heavy atom. The van der Waals surface area contributed by atoms with Crippen molar-refractivity contribution >= 4 is 17.7 Å². The summed E-state index contributed by atoms with van der Waals surface area (Å²) < 4.78 is 0. The fourth-order valence-electron chi connectivity index (χ4n) is 1.64. The van der Waals surface area contributed by atoms with Gasteiger partial charge in [0.05, 0.1) is 6.42 Å². The van der Waals surface area contributed by atoms with Crippen molar-refractivity contribution in [1.82, 2.24) is 9.97 Å². The molecule has 0 saturated carbocycles. The number of carbonyl (C=O) groups is 1. The van der Waals surface area contributed by atoms with E-state index in [9.17, 15) is 4.79 Å². The molecule has 1 aromatic heterocycles. The number of rotatable bonds is 7. The number of carboxylic acid groups (broad SMARTS) is 1. The molecule has 0 aromatic carbocycles. The zero-order valence-electron chi connectivity index (χ0n) is 11.1. The maximum absolute atomic E-state index is 10.8. The summed E-state index contributed by atoms with van der Waals surface area (Å²) in [6, 6.07) is 1.65. The van der Waals surface area contributed by atoms with Gasteiger partial charge in [0.25, 0.3) is 0 Å². The van der Waals surface area contributed by atoms with Crippen LogP contribution in [0.5, 0.6) is 0 Å². The Balaban J connectivity index is 2.73.